The number of para-hydroxylation sites is 1. The summed E-state index contributed by atoms with van der Waals surface area (Å²) in [4.78, 5) is 4.98. The van der Waals surface area contributed by atoms with E-state index in [2.05, 4.69) is 16.4 Å². The van der Waals surface area contributed by atoms with Gasteiger partial charge >= 0.3 is 0 Å². The predicted molar refractivity (Wildman–Crippen MR) is 90.0 cm³/mol. The summed E-state index contributed by atoms with van der Waals surface area (Å²) in [5, 5.41) is 4.21. The molecule has 0 aliphatic heterocycles. The number of anilines is 2. The third kappa shape index (κ3) is 2.50. The van der Waals surface area contributed by atoms with Crippen molar-refractivity contribution in [1.82, 2.24) is 4.98 Å². The minimum absolute atomic E-state index is 0.425. The van der Waals surface area contributed by atoms with E-state index in [0.29, 0.717) is 4.99 Å². The van der Waals surface area contributed by atoms with E-state index in [4.69, 9.17) is 18.0 Å². The fourth-order valence-electron chi connectivity index (χ4n) is 2.07. The molecule has 1 heterocycles. The number of hydrogen-bond donors (Lipinski definition) is 2. The standard InChI is InChI=1S/C15H13N3S2/c1-9-8-10(6-7-11(9)14(16)19)17-15-18-12-4-2-3-5-13(12)20-15/h2-8H,1H3,(H2,16,19)(H,17,18). The Bertz CT molecular complexity index is 760. The fraction of sp³-hybridized carbons (Fsp3) is 0.0667. The Morgan fingerprint density at radius 3 is 2.75 bits per heavy atom. The number of aromatic nitrogens is 1. The maximum Gasteiger partial charge on any atom is 0.188 e. The maximum atomic E-state index is 5.67. The van der Waals surface area contributed by atoms with Gasteiger partial charge in [-0.1, -0.05) is 35.7 Å². The van der Waals surface area contributed by atoms with Gasteiger partial charge in [0, 0.05) is 11.3 Å². The third-order valence-corrected chi connectivity index (χ3v) is 4.21. The molecule has 0 amide bonds. The van der Waals surface area contributed by atoms with Crippen molar-refractivity contribution in [2.45, 2.75) is 6.92 Å². The molecule has 3 nitrogen and oxygen atoms in total. The lowest BCUT2D eigenvalue weighted by atomic mass is 10.1. The normalized spacial score (nSPS) is 10.7. The van der Waals surface area contributed by atoms with E-state index < -0.39 is 0 Å². The van der Waals surface area contributed by atoms with Crippen molar-refractivity contribution < 1.29 is 0 Å². The van der Waals surface area contributed by atoms with E-state index >= 15 is 0 Å². The molecule has 0 saturated heterocycles. The Morgan fingerprint density at radius 2 is 2.05 bits per heavy atom. The van der Waals surface area contributed by atoms with Crippen molar-refractivity contribution in [1.29, 1.82) is 0 Å². The van der Waals surface area contributed by atoms with Gasteiger partial charge in [0.15, 0.2) is 5.13 Å². The van der Waals surface area contributed by atoms with Crippen LogP contribution in [0.5, 0.6) is 0 Å². The second-order valence-electron chi connectivity index (χ2n) is 4.51. The molecule has 3 aromatic rings. The van der Waals surface area contributed by atoms with Crippen molar-refractivity contribution in [3.63, 3.8) is 0 Å². The van der Waals surface area contributed by atoms with Crippen LogP contribution in [0.4, 0.5) is 10.8 Å². The van der Waals surface area contributed by atoms with Gasteiger partial charge in [0.2, 0.25) is 0 Å². The molecule has 20 heavy (non-hydrogen) atoms. The van der Waals surface area contributed by atoms with Crippen LogP contribution in [0.15, 0.2) is 42.5 Å². The summed E-state index contributed by atoms with van der Waals surface area (Å²) in [6.45, 7) is 2.00. The highest BCUT2D eigenvalue weighted by atomic mass is 32.1. The molecule has 0 saturated carbocycles. The van der Waals surface area contributed by atoms with Crippen LogP contribution in [-0.2, 0) is 0 Å². The lowest BCUT2D eigenvalue weighted by Gasteiger charge is -2.07. The molecule has 0 bridgehead atoms. The van der Waals surface area contributed by atoms with Gasteiger partial charge in [-0.25, -0.2) is 4.98 Å². The van der Waals surface area contributed by atoms with Gasteiger partial charge in [0.05, 0.1) is 10.2 Å². The van der Waals surface area contributed by atoms with Crippen LogP contribution in [0.2, 0.25) is 0 Å². The molecule has 0 aliphatic rings. The Hall–Kier alpha value is -1.98. The van der Waals surface area contributed by atoms with Crippen molar-refractivity contribution in [2.75, 3.05) is 5.32 Å². The molecular weight excluding hydrogens is 286 g/mol. The molecular formula is C15H13N3S2. The second-order valence-corrected chi connectivity index (χ2v) is 5.98. The number of nitrogens with one attached hydrogen (secondary N) is 1. The SMILES string of the molecule is Cc1cc(Nc2nc3ccccc3s2)ccc1C(N)=S. The number of aryl methyl sites for hydroxylation is 1. The van der Waals surface area contributed by atoms with Crippen LogP contribution >= 0.6 is 23.6 Å². The van der Waals surface area contributed by atoms with E-state index in [-0.39, 0.29) is 0 Å². The van der Waals surface area contributed by atoms with Crippen LogP contribution in [0.1, 0.15) is 11.1 Å². The van der Waals surface area contributed by atoms with Gasteiger partial charge in [0.1, 0.15) is 4.99 Å². The predicted octanol–water partition coefficient (Wildman–Crippen LogP) is 3.98. The molecule has 0 fully saturated rings. The van der Waals surface area contributed by atoms with Crippen LogP contribution in [0, 0.1) is 6.92 Å². The summed E-state index contributed by atoms with van der Waals surface area (Å²) < 4.78 is 1.17. The monoisotopic (exact) mass is 299 g/mol. The van der Waals surface area contributed by atoms with Crippen LogP contribution < -0.4 is 11.1 Å². The fourth-order valence-corrected chi connectivity index (χ4v) is 3.18. The average Bonchev–Trinajstić information content (AvgIpc) is 2.80. The zero-order valence-electron chi connectivity index (χ0n) is 10.9. The number of thiocarbonyl (C=S) groups is 1. The molecule has 5 heteroatoms. The highest BCUT2D eigenvalue weighted by Crippen LogP contribution is 2.28. The van der Waals surface area contributed by atoms with E-state index in [9.17, 15) is 0 Å². The van der Waals surface area contributed by atoms with Crippen molar-refractivity contribution in [3.05, 3.63) is 53.6 Å². The van der Waals surface area contributed by atoms with Crippen LogP contribution in [-0.4, -0.2) is 9.97 Å². The summed E-state index contributed by atoms with van der Waals surface area (Å²) in [6.07, 6.45) is 0. The first-order chi connectivity index (χ1) is 9.63. The lowest BCUT2D eigenvalue weighted by molar-refractivity contribution is 1.40. The molecule has 0 atom stereocenters. The molecule has 0 radical (unpaired) electrons. The Labute approximate surface area is 126 Å². The van der Waals surface area contributed by atoms with Gasteiger partial charge in [-0.15, -0.1) is 0 Å². The largest absolute Gasteiger partial charge is 0.389 e. The number of benzene rings is 2. The number of thiazole rings is 1. The van der Waals surface area contributed by atoms with Gasteiger partial charge in [-0.3, -0.25) is 0 Å². The molecule has 100 valence electrons. The smallest absolute Gasteiger partial charge is 0.188 e. The lowest BCUT2D eigenvalue weighted by Crippen LogP contribution is -2.11. The van der Waals surface area contributed by atoms with Gasteiger partial charge < -0.3 is 11.1 Å². The Kier molecular flexibility index (Phi) is 3.38. The zero-order valence-corrected chi connectivity index (χ0v) is 12.5. The number of nitrogens with two attached hydrogens (primary N) is 1. The summed E-state index contributed by atoms with van der Waals surface area (Å²) >= 11 is 6.65. The summed E-state index contributed by atoms with van der Waals surface area (Å²) in [6, 6.07) is 14.0. The summed E-state index contributed by atoms with van der Waals surface area (Å²) in [7, 11) is 0. The molecule has 0 spiro atoms. The molecule has 0 aliphatic carbocycles. The number of fused-ring (bicyclic) bond motifs is 1. The first-order valence-corrected chi connectivity index (χ1v) is 7.39. The first-order valence-electron chi connectivity index (χ1n) is 6.16. The highest BCUT2D eigenvalue weighted by Gasteiger charge is 2.06. The van der Waals surface area contributed by atoms with Crippen LogP contribution in [0.25, 0.3) is 10.2 Å². The summed E-state index contributed by atoms with van der Waals surface area (Å²) in [5.74, 6) is 0. The molecule has 1 aromatic heterocycles. The minimum Gasteiger partial charge on any atom is -0.389 e. The first kappa shape index (κ1) is 13.0. The van der Waals surface area contributed by atoms with Crippen molar-refractivity contribution in [2.24, 2.45) is 5.73 Å². The number of hydrogen-bond acceptors (Lipinski definition) is 4. The molecule has 3 rings (SSSR count). The topological polar surface area (TPSA) is 50.9 Å². The van der Waals surface area contributed by atoms with E-state index in [1.165, 1.54) is 4.70 Å². The maximum absolute atomic E-state index is 5.67. The van der Waals surface area contributed by atoms with Gasteiger partial charge in [0.25, 0.3) is 0 Å². The highest BCUT2D eigenvalue weighted by molar-refractivity contribution is 7.80. The minimum atomic E-state index is 0.425. The van der Waals surface area contributed by atoms with E-state index in [1.807, 2.05) is 43.3 Å². The van der Waals surface area contributed by atoms with Gasteiger partial charge in [-0.2, -0.15) is 0 Å². The molecule has 0 unspecified atom stereocenters. The third-order valence-electron chi connectivity index (χ3n) is 3.04. The summed E-state index contributed by atoms with van der Waals surface area (Å²) in [5.41, 5.74) is 9.64. The quantitative estimate of drug-likeness (QED) is 0.718. The van der Waals surface area contributed by atoms with E-state index in [0.717, 1.165) is 27.5 Å². The number of rotatable bonds is 3. The van der Waals surface area contributed by atoms with Gasteiger partial charge in [-0.05, 0) is 42.8 Å². The Balaban J connectivity index is 1.90. The zero-order chi connectivity index (χ0) is 14.1. The number of nitrogens with zero attached hydrogens (tertiary/aromatic N) is 1. The molecule has 2 aromatic carbocycles. The van der Waals surface area contributed by atoms with Crippen molar-refractivity contribution in [3.8, 4) is 0 Å². The van der Waals surface area contributed by atoms with Crippen molar-refractivity contribution >= 4 is 49.6 Å². The average molecular weight is 299 g/mol. The Morgan fingerprint density at radius 1 is 1.25 bits per heavy atom. The molecule has 3 N–H and O–H groups in total. The van der Waals surface area contributed by atoms with Crippen LogP contribution in [0.3, 0.4) is 0 Å². The van der Waals surface area contributed by atoms with E-state index in [1.54, 1.807) is 11.3 Å². The second kappa shape index (κ2) is 5.19.